The molecule has 3 aromatic rings. The maximum atomic E-state index is 10.8. The molecule has 1 fully saturated rings. The minimum Gasteiger partial charge on any atom is -0.449 e. The lowest BCUT2D eigenvalue weighted by molar-refractivity contribution is 0.146. The zero-order valence-electron chi connectivity index (χ0n) is 13.3. The number of aryl methyl sites for hydroxylation is 1. The molecule has 0 amide bonds. The number of carboxylic acid groups (broad SMARTS) is 1. The number of carbonyl (C=O) groups is 1. The van der Waals surface area contributed by atoms with Crippen LogP contribution in [-0.4, -0.2) is 20.8 Å². The highest BCUT2D eigenvalue weighted by Crippen LogP contribution is 2.47. The zero-order chi connectivity index (χ0) is 16.7. The summed E-state index contributed by atoms with van der Waals surface area (Å²) in [4.78, 5) is 14.9. The maximum Gasteiger partial charge on any atom is 0.512 e. The largest absolute Gasteiger partial charge is 0.512 e. The third-order valence-electron chi connectivity index (χ3n) is 4.75. The van der Waals surface area contributed by atoms with Crippen molar-refractivity contribution in [3.63, 3.8) is 0 Å². The molecule has 0 bridgehead atoms. The molecular formula is C17H18N2O4S. The Hall–Kier alpha value is -2.28. The molecule has 24 heavy (non-hydrogen) atoms. The monoisotopic (exact) mass is 346 g/mol. The van der Waals surface area contributed by atoms with Crippen LogP contribution in [-0.2, 0) is 7.05 Å². The van der Waals surface area contributed by atoms with Gasteiger partial charge in [-0.25, -0.2) is 9.78 Å². The number of fused-ring (bicyclic) bond motifs is 1. The summed E-state index contributed by atoms with van der Waals surface area (Å²) in [6.07, 6.45) is 7.92. The predicted octanol–water partition coefficient (Wildman–Crippen LogP) is 5.00. The molecule has 7 heteroatoms. The molecule has 4 rings (SSSR count). The number of rotatable bonds is 3. The first kappa shape index (κ1) is 15.3. The molecule has 3 heterocycles. The van der Waals surface area contributed by atoms with Gasteiger partial charge in [0.2, 0.25) is 0 Å². The highest BCUT2D eigenvalue weighted by atomic mass is 32.1. The molecule has 1 aliphatic carbocycles. The Morgan fingerprint density at radius 3 is 2.88 bits per heavy atom. The fourth-order valence-electron chi connectivity index (χ4n) is 3.75. The SMILES string of the molecule is Cn1c(-c2cnco2)c(C2CCCCC2)c2sc(OC(=O)O)cc21. The number of nitrogens with zero attached hydrogens (tertiary/aromatic N) is 2. The van der Waals surface area contributed by atoms with Gasteiger partial charge in [0, 0.05) is 18.7 Å². The van der Waals surface area contributed by atoms with Crippen molar-refractivity contribution < 1.29 is 19.1 Å². The third-order valence-corrected chi connectivity index (χ3v) is 5.79. The van der Waals surface area contributed by atoms with Gasteiger partial charge in [0.15, 0.2) is 17.2 Å². The van der Waals surface area contributed by atoms with Gasteiger partial charge in [0.25, 0.3) is 0 Å². The van der Waals surface area contributed by atoms with Crippen molar-refractivity contribution >= 4 is 27.7 Å². The molecule has 0 unspecified atom stereocenters. The van der Waals surface area contributed by atoms with Crippen LogP contribution < -0.4 is 4.74 Å². The molecule has 0 aromatic carbocycles. The Balaban J connectivity index is 1.91. The van der Waals surface area contributed by atoms with Gasteiger partial charge in [-0.05, 0) is 18.8 Å². The molecule has 0 atom stereocenters. The van der Waals surface area contributed by atoms with E-state index in [0.29, 0.717) is 11.0 Å². The van der Waals surface area contributed by atoms with Crippen LogP contribution >= 0.6 is 11.3 Å². The third kappa shape index (κ3) is 2.49. The molecule has 1 saturated carbocycles. The van der Waals surface area contributed by atoms with Gasteiger partial charge >= 0.3 is 6.16 Å². The van der Waals surface area contributed by atoms with Gasteiger partial charge < -0.3 is 18.8 Å². The van der Waals surface area contributed by atoms with Crippen molar-refractivity contribution in [2.24, 2.45) is 7.05 Å². The standard InChI is InChI=1S/C17H18N2O4S/c1-19-11-7-13(23-17(20)21)24-16(11)14(10-5-3-2-4-6-10)15(19)12-8-18-9-22-12/h7-10H,2-6H2,1H3,(H,20,21). The summed E-state index contributed by atoms with van der Waals surface area (Å²) in [6, 6.07) is 1.79. The Morgan fingerprint density at radius 1 is 1.42 bits per heavy atom. The van der Waals surface area contributed by atoms with E-state index in [4.69, 9.17) is 14.3 Å². The minimum atomic E-state index is -1.28. The Labute approximate surface area is 142 Å². The Morgan fingerprint density at radius 2 is 2.21 bits per heavy atom. The average molecular weight is 346 g/mol. The van der Waals surface area contributed by atoms with Crippen molar-refractivity contribution in [3.8, 4) is 16.5 Å². The molecule has 0 saturated heterocycles. The van der Waals surface area contributed by atoms with Crippen molar-refractivity contribution in [2.75, 3.05) is 0 Å². The second kappa shape index (κ2) is 5.98. The van der Waals surface area contributed by atoms with Crippen molar-refractivity contribution in [1.29, 1.82) is 0 Å². The van der Waals surface area contributed by atoms with Crippen LogP contribution in [0.3, 0.4) is 0 Å². The van der Waals surface area contributed by atoms with Crippen LogP contribution in [0.15, 0.2) is 23.1 Å². The summed E-state index contributed by atoms with van der Waals surface area (Å²) in [5.74, 6) is 1.21. The average Bonchev–Trinajstić information content (AvgIpc) is 3.25. The number of ether oxygens (including phenoxy) is 1. The van der Waals surface area contributed by atoms with Crippen LogP contribution in [0.2, 0.25) is 0 Å². The van der Waals surface area contributed by atoms with Gasteiger partial charge in [-0.2, -0.15) is 0 Å². The van der Waals surface area contributed by atoms with Gasteiger partial charge in [-0.3, -0.25) is 0 Å². The molecule has 6 nitrogen and oxygen atoms in total. The lowest BCUT2D eigenvalue weighted by atomic mass is 9.83. The number of oxazole rings is 1. The molecule has 0 spiro atoms. The van der Waals surface area contributed by atoms with Crippen molar-refractivity contribution in [1.82, 2.24) is 9.55 Å². The van der Waals surface area contributed by atoms with Crippen LogP contribution in [0.1, 0.15) is 43.6 Å². The van der Waals surface area contributed by atoms with E-state index in [1.54, 1.807) is 12.3 Å². The summed E-state index contributed by atoms with van der Waals surface area (Å²) >= 11 is 1.39. The van der Waals surface area contributed by atoms with Crippen LogP contribution in [0, 0.1) is 0 Å². The second-order valence-electron chi connectivity index (χ2n) is 6.17. The minimum absolute atomic E-state index is 0.407. The van der Waals surface area contributed by atoms with Gasteiger partial charge in [-0.1, -0.05) is 30.6 Å². The number of hydrogen-bond donors (Lipinski definition) is 1. The highest BCUT2D eigenvalue weighted by Gasteiger charge is 2.28. The fraction of sp³-hybridized carbons (Fsp3) is 0.412. The van der Waals surface area contributed by atoms with Crippen LogP contribution in [0.5, 0.6) is 5.06 Å². The van der Waals surface area contributed by atoms with E-state index in [1.807, 2.05) is 7.05 Å². The quantitative estimate of drug-likeness (QED) is 0.675. The first-order valence-electron chi connectivity index (χ1n) is 8.07. The Kier molecular flexibility index (Phi) is 3.80. The van der Waals surface area contributed by atoms with Crippen LogP contribution in [0.4, 0.5) is 4.79 Å². The lowest BCUT2D eigenvalue weighted by Gasteiger charge is -2.22. The number of hydrogen-bond acceptors (Lipinski definition) is 5. The topological polar surface area (TPSA) is 77.5 Å². The van der Waals surface area contributed by atoms with E-state index in [1.165, 1.54) is 42.6 Å². The maximum absolute atomic E-state index is 10.8. The van der Waals surface area contributed by atoms with E-state index >= 15 is 0 Å². The van der Waals surface area contributed by atoms with E-state index < -0.39 is 6.16 Å². The molecule has 0 aliphatic heterocycles. The summed E-state index contributed by atoms with van der Waals surface area (Å²) in [6.45, 7) is 0. The summed E-state index contributed by atoms with van der Waals surface area (Å²) < 4.78 is 13.6. The van der Waals surface area contributed by atoms with Gasteiger partial charge in [0.05, 0.1) is 22.1 Å². The summed E-state index contributed by atoms with van der Waals surface area (Å²) in [5, 5.41) is 9.28. The van der Waals surface area contributed by atoms with Crippen LogP contribution in [0.25, 0.3) is 21.7 Å². The van der Waals surface area contributed by atoms with Crippen molar-refractivity contribution in [2.45, 2.75) is 38.0 Å². The molecule has 1 aliphatic rings. The lowest BCUT2D eigenvalue weighted by Crippen LogP contribution is -2.06. The summed E-state index contributed by atoms with van der Waals surface area (Å²) in [5.41, 5.74) is 3.26. The van der Waals surface area contributed by atoms with E-state index in [0.717, 1.165) is 34.5 Å². The molecule has 3 aromatic heterocycles. The zero-order valence-corrected chi connectivity index (χ0v) is 14.1. The second-order valence-corrected chi connectivity index (χ2v) is 7.18. The highest BCUT2D eigenvalue weighted by molar-refractivity contribution is 7.21. The van der Waals surface area contributed by atoms with Gasteiger partial charge in [0.1, 0.15) is 0 Å². The van der Waals surface area contributed by atoms with E-state index in [-0.39, 0.29) is 0 Å². The van der Waals surface area contributed by atoms with E-state index in [9.17, 15) is 4.79 Å². The number of aromatic nitrogens is 2. The van der Waals surface area contributed by atoms with Gasteiger partial charge in [-0.15, -0.1) is 0 Å². The van der Waals surface area contributed by atoms with E-state index in [2.05, 4.69) is 9.55 Å². The normalized spacial score (nSPS) is 15.9. The molecule has 1 N–H and O–H groups in total. The number of thiophene rings is 1. The molecule has 126 valence electrons. The Bertz CT molecular complexity index is 872. The first-order valence-corrected chi connectivity index (χ1v) is 8.88. The summed E-state index contributed by atoms with van der Waals surface area (Å²) in [7, 11) is 1.98. The first-order chi connectivity index (χ1) is 11.6. The molecular weight excluding hydrogens is 328 g/mol. The smallest absolute Gasteiger partial charge is 0.449 e. The van der Waals surface area contributed by atoms with Crippen molar-refractivity contribution in [3.05, 3.63) is 24.2 Å². The molecule has 0 radical (unpaired) electrons. The fourth-order valence-corrected chi connectivity index (χ4v) is 4.91. The predicted molar refractivity (Wildman–Crippen MR) is 90.8 cm³/mol.